The molecule has 1 aromatic rings. The molecule has 0 spiro atoms. The van der Waals surface area contributed by atoms with Gasteiger partial charge in [-0.2, -0.15) is 0 Å². The van der Waals surface area contributed by atoms with Gasteiger partial charge in [0.2, 0.25) is 0 Å². The second-order valence-electron chi connectivity index (χ2n) is 5.83. The zero-order chi connectivity index (χ0) is 14.2. The monoisotopic (exact) mass is 276 g/mol. The summed E-state index contributed by atoms with van der Waals surface area (Å²) in [6.45, 7) is 6.41. The highest BCUT2D eigenvalue weighted by Gasteiger charge is 2.21. The SMILES string of the molecule is CC(NCCN(C)CCc1ccccc1)C1CCCO1. The van der Waals surface area contributed by atoms with Crippen LogP contribution in [0.3, 0.4) is 0 Å². The molecule has 0 bridgehead atoms. The van der Waals surface area contributed by atoms with Gasteiger partial charge in [0.05, 0.1) is 6.10 Å². The molecule has 1 saturated heterocycles. The Morgan fingerprint density at radius 1 is 1.30 bits per heavy atom. The van der Waals surface area contributed by atoms with Crippen LogP contribution < -0.4 is 5.32 Å². The third-order valence-electron chi connectivity index (χ3n) is 4.11. The predicted octanol–water partition coefficient (Wildman–Crippen LogP) is 2.32. The molecular formula is C17H28N2O. The lowest BCUT2D eigenvalue weighted by Gasteiger charge is -2.22. The lowest BCUT2D eigenvalue weighted by Crippen LogP contribution is -2.41. The summed E-state index contributed by atoms with van der Waals surface area (Å²) in [5.41, 5.74) is 1.42. The summed E-state index contributed by atoms with van der Waals surface area (Å²) >= 11 is 0. The summed E-state index contributed by atoms with van der Waals surface area (Å²) in [5, 5.41) is 3.59. The van der Waals surface area contributed by atoms with Crippen molar-refractivity contribution < 1.29 is 4.74 Å². The van der Waals surface area contributed by atoms with E-state index in [-0.39, 0.29) is 0 Å². The maximum Gasteiger partial charge on any atom is 0.0726 e. The van der Waals surface area contributed by atoms with Crippen molar-refractivity contribution in [2.24, 2.45) is 0 Å². The molecule has 1 aromatic carbocycles. The molecule has 2 unspecified atom stereocenters. The van der Waals surface area contributed by atoms with E-state index < -0.39 is 0 Å². The van der Waals surface area contributed by atoms with Gasteiger partial charge in [0, 0.05) is 32.3 Å². The van der Waals surface area contributed by atoms with Gasteiger partial charge < -0.3 is 15.0 Å². The molecule has 3 nitrogen and oxygen atoms in total. The molecule has 0 amide bonds. The standard InChI is InChI=1S/C17H28N2O/c1-15(17-9-6-14-20-17)18-11-13-19(2)12-10-16-7-4-3-5-8-16/h3-5,7-8,15,17-18H,6,9-14H2,1-2H3. The van der Waals surface area contributed by atoms with Gasteiger partial charge in [-0.25, -0.2) is 0 Å². The van der Waals surface area contributed by atoms with Crippen LogP contribution in [0.2, 0.25) is 0 Å². The van der Waals surface area contributed by atoms with E-state index in [1.807, 2.05) is 0 Å². The molecule has 2 rings (SSSR count). The largest absolute Gasteiger partial charge is 0.377 e. The van der Waals surface area contributed by atoms with Gasteiger partial charge in [-0.05, 0) is 38.8 Å². The van der Waals surface area contributed by atoms with E-state index in [4.69, 9.17) is 4.74 Å². The summed E-state index contributed by atoms with van der Waals surface area (Å²) < 4.78 is 5.70. The van der Waals surface area contributed by atoms with Gasteiger partial charge in [0.25, 0.3) is 0 Å². The summed E-state index contributed by atoms with van der Waals surface area (Å²) in [7, 11) is 2.20. The number of nitrogens with one attached hydrogen (secondary N) is 1. The first kappa shape index (κ1) is 15.5. The second kappa shape index (κ2) is 8.40. The summed E-state index contributed by atoms with van der Waals surface area (Å²) in [5.74, 6) is 0. The Morgan fingerprint density at radius 3 is 2.80 bits per heavy atom. The quantitative estimate of drug-likeness (QED) is 0.788. The molecule has 1 aliphatic heterocycles. The third kappa shape index (κ3) is 5.23. The fourth-order valence-electron chi connectivity index (χ4n) is 2.69. The molecule has 0 saturated carbocycles. The van der Waals surface area contributed by atoms with Crippen molar-refractivity contribution in [3.8, 4) is 0 Å². The van der Waals surface area contributed by atoms with Crippen LogP contribution >= 0.6 is 0 Å². The van der Waals surface area contributed by atoms with Crippen molar-refractivity contribution in [3.63, 3.8) is 0 Å². The van der Waals surface area contributed by atoms with Crippen molar-refractivity contribution in [1.82, 2.24) is 10.2 Å². The highest BCUT2D eigenvalue weighted by Crippen LogP contribution is 2.15. The van der Waals surface area contributed by atoms with E-state index in [2.05, 4.69) is 54.5 Å². The molecule has 3 heteroatoms. The van der Waals surface area contributed by atoms with Gasteiger partial charge in [-0.3, -0.25) is 0 Å². The molecule has 112 valence electrons. The minimum absolute atomic E-state index is 0.421. The van der Waals surface area contributed by atoms with E-state index in [9.17, 15) is 0 Å². The Morgan fingerprint density at radius 2 is 2.10 bits per heavy atom. The fourth-order valence-corrected chi connectivity index (χ4v) is 2.69. The number of ether oxygens (including phenoxy) is 1. The molecule has 0 aromatic heterocycles. The molecule has 0 radical (unpaired) electrons. The summed E-state index contributed by atoms with van der Waals surface area (Å²) in [6, 6.07) is 11.2. The van der Waals surface area contributed by atoms with Gasteiger partial charge in [-0.1, -0.05) is 30.3 Å². The predicted molar refractivity (Wildman–Crippen MR) is 84.1 cm³/mol. The van der Waals surface area contributed by atoms with Crippen molar-refractivity contribution in [1.29, 1.82) is 0 Å². The zero-order valence-corrected chi connectivity index (χ0v) is 12.8. The van der Waals surface area contributed by atoms with Gasteiger partial charge in [-0.15, -0.1) is 0 Å². The average molecular weight is 276 g/mol. The Bertz CT molecular complexity index is 363. The van der Waals surface area contributed by atoms with Crippen LogP contribution in [-0.2, 0) is 11.2 Å². The Labute approximate surface area is 123 Å². The van der Waals surface area contributed by atoms with E-state index >= 15 is 0 Å². The van der Waals surface area contributed by atoms with E-state index in [0.717, 1.165) is 32.7 Å². The minimum atomic E-state index is 0.421. The fraction of sp³-hybridized carbons (Fsp3) is 0.647. The van der Waals surface area contributed by atoms with E-state index in [1.165, 1.54) is 18.4 Å². The van der Waals surface area contributed by atoms with Crippen LogP contribution in [0.5, 0.6) is 0 Å². The molecule has 1 N–H and O–H groups in total. The lowest BCUT2D eigenvalue weighted by atomic mass is 10.1. The van der Waals surface area contributed by atoms with Gasteiger partial charge >= 0.3 is 0 Å². The first-order valence-electron chi connectivity index (χ1n) is 7.83. The van der Waals surface area contributed by atoms with Crippen LogP contribution in [-0.4, -0.2) is 50.3 Å². The van der Waals surface area contributed by atoms with Crippen molar-refractivity contribution in [2.45, 2.75) is 38.3 Å². The maximum atomic E-state index is 5.70. The Hall–Kier alpha value is -0.900. The maximum absolute atomic E-state index is 5.70. The van der Waals surface area contributed by atoms with Crippen LogP contribution in [0.4, 0.5) is 0 Å². The summed E-state index contributed by atoms with van der Waals surface area (Å²) in [4.78, 5) is 2.39. The van der Waals surface area contributed by atoms with Crippen molar-refractivity contribution in [2.75, 3.05) is 33.3 Å². The second-order valence-corrected chi connectivity index (χ2v) is 5.83. The van der Waals surface area contributed by atoms with E-state index in [1.54, 1.807) is 0 Å². The van der Waals surface area contributed by atoms with E-state index in [0.29, 0.717) is 12.1 Å². The van der Waals surface area contributed by atoms with Crippen LogP contribution in [0, 0.1) is 0 Å². The third-order valence-corrected chi connectivity index (χ3v) is 4.11. The Balaban J connectivity index is 1.56. The average Bonchev–Trinajstić information content (AvgIpc) is 3.00. The van der Waals surface area contributed by atoms with Crippen molar-refractivity contribution in [3.05, 3.63) is 35.9 Å². The highest BCUT2D eigenvalue weighted by molar-refractivity contribution is 5.14. The topological polar surface area (TPSA) is 24.5 Å². The number of rotatable bonds is 8. The lowest BCUT2D eigenvalue weighted by molar-refractivity contribution is 0.0830. The minimum Gasteiger partial charge on any atom is -0.377 e. The smallest absolute Gasteiger partial charge is 0.0726 e. The Kier molecular flexibility index (Phi) is 6.51. The van der Waals surface area contributed by atoms with Crippen LogP contribution in [0.1, 0.15) is 25.3 Å². The normalized spacial score (nSPS) is 20.4. The molecular weight excluding hydrogens is 248 g/mol. The highest BCUT2D eigenvalue weighted by atomic mass is 16.5. The zero-order valence-electron chi connectivity index (χ0n) is 12.8. The number of nitrogens with zero attached hydrogens (tertiary/aromatic N) is 1. The van der Waals surface area contributed by atoms with Crippen molar-refractivity contribution >= 4 is 0 Å². The van der Waals surface area contributed by atoms with Gasteiger partial charge in [0.15, 0.2) is 0 Å². The molecule has 20 heavy (non-hydrogen) atoms. The molecule has 1 aliphatic rings. The van der Waals surface area contributed by atoms with Gasteiger partial charge in [0.1, 0.15) is 0 Å². The molecule has 1 fully saturated rings. The van der Waals surface area contributed by atoms with Crippen LogP contribution in [0.25, 0.3) is 0 Å². The van der Waals surface area contributed by atoms with Crippen LogP contribution in [0.15, 0.2) is 30.3 Å². The summed E-state index contributed by atoms with van der Waals surface area (Å²) in [6.07, 6.45) is 3.97. The first-order chi connectivity index (χ1) is 9.75. The molecule has 0 aliphatic carbocycles. The number of hydrogen-bond acceptors (Lipinski definition) is 3. The number of hydrogen-bond donors (Lipinski definition) is 1. The molecule has 1 heterocycles. The first-order valence-corrected chi connectivity index (χ1v) is 7.83. The molecule has 2 atom stereocenters. The number of likely N-dealkylation sites (N-methyl/N-ethyl adjacent to an activating group) is 1. The number of benzene rings is 1.